The third kappa shape index (κ3) is 5.17. The predicted octanol–water partition coefficient (Wildman–Crippen LogP) is 4.51. The fourth-order valence-electron chi connectivity index (χ4n) is 3.39. The summed E-state index contributed by atoms with van der Waals surface area (Å²) in [5.74, 6) is 0.322. The molecule has 3 nitrogen and oxygen atoms in total. The maximum atomic E-state index is 12.2. The largest absolute Gasteiger partial charge is 0.462 e. The number of hydrogen-bond donors (Lipinski definition) is 1. The standard InChI is InChI=1S/C22H26O3/c23-15-19-8-6-17(7-9-19)14-18-10-12-21(13-11-18)22(24)25-16-20-4-2-1-3-5-20/h6-13,20,23H,1-5,14-16H2. The number of benzene rings is 2. The molecule has 0 unspecified atom stereocenters. The molecule has 1 aliphatic rings. The van der Waals surface area contributed by atoms with Crippen LogP contribution in [0.15, 0.2) is 48.5 Å². The van der Waals surface area contributed by atoms with Gasteiger partial charge in [-0.15, -0.1) is 0 Å². The molecule has 1 aliphatic carbocycles. The van der Waals surface area contributed by atoms with Crippen molar-refractivity contribution >= 4 is 5.97 Å². The van der Waals surface area contributed by atoms with Crippen molar-refractivity contribution in [1.29, 1.82) is 0 Å². The summed E-state index contributed by atoms with van der Waals surface area (Å²) in [6.45, 7) is 0.621. The number of carbonyl (C=O) groups is 1. The lowest BCUT2D eigenvalue weighted by molar-refractivity contribution is 0.0410. The molecule has 0 saturated heterocycles. The lowest BCUT2D eigenvalue weighted by Crippen LogP contribution is -2.16. The van der Waals surface area contributed by atoms with Crippen LogP contribution in [0.3, 0.4) is 0 Å². The molecular weight excluding hydrogens is 312 g/mol. The number of carbonyl (C=O) groups excluding carboxylic acids is 1. The maximum absolute atomic E-state index is 12.2. The zero-order valence-corrected chi connectivity index (χ0v) is 14.6. The Bertz CT molecular complexity index is 667. The molecule has 3 rings (SSSR count). The van der Waals surface area contributed by atoms with E-state index in [1.165, 1.54) is 37.7 Å². The molecule has 0 amide bonds. The van der Waals surface area contributed by atoms with E-state index in [9.17, 15) is 4.79 Å². The summed E-state index contributed by atoms with van der Waals surface area (Å²) >= 11 is 0. The molecule has 1 fully saturated rings. The first-order valence-electron chi connectivity index (χ1n) is 9.19. The van der Waals surface area contributed by atoms with Crippen molar-refractivity contribution in [3.63, 3.8) is 0 Å². The van der Waals surface area contributed by atoms with Gasteiger partial charge >= 0.3 is 5.97 Å². The van der Waals surface area contributed by atoms with E-state index in [0.29, 0.717) is 18.1 Å². The summed E-state index contributed by atoms with van der Waals surface area (Å²) in [4.78, 5) is 12.2. The molecule has 0 heterocycles. The number of aliphatic hydroxyl groups is 1. The van der Waals surface area contributed by atoms with Crippen LogP contribution in [0.4, 0.5) is 0 Å². The van der Waals surface area contributed by atoms with Gasteiger partial charge in [0.2, 0.25) is 0 Å². The molecule has 3 heteroatoms. The fourth-order valence-corrected chi connectivity index (χ4v) is 3.39. The molecule has 0 radical (unpaired) electrons. The van der Waals surface area contributed by atoms with Crippen molar-refractivity contribution < 1.29 is 14.6 Å². The third-order valence-electron chi connectivity index (χ3n) is 4.98. The zero-order chi connectivity index (χ0) is 17.5. The van der Waals surface area contributed by atoms with Crippen LogP contribution in [0.2, 0.25) is 0 Å². The van der Waals surface area contributed by atoms with Crippen LogP contribution in [-0.2, 0) is 17.8 Å². The molecule has 0 aliphatic heterocycles. The Morgan fingerprint density at radius 3 is 2.04 bits per heavy atom. The first kappa shape index (κ1) is 17.7. The zero-order valence-electron chi connectivity index (χ0n) is 14.6. The predicted molar refractivity (Wildman–Crippen MR) is 98.5 cm³/mol. The van der Waals surface area contributed by atoms with Gasteiger partial charge < -0.3 is 9.84 Å². The summed E-state index contributed by atoms with van der Waals surface area (Å²) in [6.07, 6.45) is 7.01. The average molecular weight is 338 g/mol. The second-order valence-electron chi connectivity index (χ2n) is 6.95. The highest BCUT2D eigenvalue weighted by Gasteiger charge is 2.16. The SMILES string of the molecule is O=C(OCC1CCCCC1)c1ccc(Cc2ccc(CO)cc2)cc1. The first-order valence-corrected chi connectivity index (χ1v) is 9.19. The highest BCUT2D eigenvalue weighted by molar-refractivity contribution is 5.89. The molecule has 132 valence electrons. The van der Waals surface area contributed by atoms with Gasteiger partial charge in [-0.2, -0.15) is 0 Å². The lowest BCUT2D eigenvalue weighted by atomic mass is 9.90. The van der Waals surface area contributed by atoms with E-state index in [-0.39, 0.29) is 12.6 Å². The molecule has 1 saturated carbocycles. The van der Waals surface area contributed by atoms with Crippen LogP contribution < -0.4 is 0 Å². The van der Waals surface area contributed by atoms with E-state index < -0.39 is 0 Å². The summed E-state index contributed by atoms with van der Waals surface area (Å²) in [6, 6.07) is 15.6. The van der Waals surface area contributed by atoms with Crippen LogP contribution in [0.1, 0.15) is 59.2 Å². The van der Waals surface area contributed by atoms with Gasteiger partial charge in [-0.1, -0.05) is 55.7 Å². The Morgan fingerprint density at radius 2 is 1.44 bits per heavy atom. The Kier molecular flexibility index (Phi) is 6.24. The van der Waals surface area contributed by atoms with Gasteiger partial charge in [0.05, 0.1) is 18.8 Å². The highest BCUT2D eigenvalue weighted by Crippen LogP contribution is 2.24. The molecule has 25 heavy (non-hydrogen) atoms. The summed E-state index contributed by atoms with van der Waals surface area (Å²) < 4.78 is 5.49. The minimum Gasteiger partial charge on any atom is -0.462 e. The van der Waals surface area contributed by atoms with E-state index in [0.717, 1.165) is 17.5 Å². The highest BCUT2D eigenvalue weighted by atomic mass is 16.5. The van der Waals surface area contributed by atoms with E-state index in [2.05, 4.69) is 0 Å². The molecule has 1 N–H and O–H groups in total. The third-order valence-corrected chi connectivity index (χ3v) is 4.98. The molecule has 0 spiro atoms. The smallest absolute Gasteiger partial charge is 0.338 e. The number of rotatable bonds is 6. The van der Waals surface area contributed by atoms with Crippen molar-refractivity contribution in [3.05, 3.63) is 70.8 Å². The van der Waals surface area contributed by atoms with E-state index in [4.69, 9.17) is 9.84 Å². The molecular formula is C22H26O3. The van der Waals surface area contributed by atoms with Crippen LogP contribution in [-0.4, -0.2) is 17.7 Å². The van der Waals surface area contributed by atoms with Crippen molar-refractivity contribution in [2.24, 2.45) is 5.92 Å². The quantitative estimate of drug-likeness (QED) is 0.789. The van der Waals surface area contributed by atoms with Crippen molar-refractivity contribution in [1.82, 2.24) is 0 Å². The van der Waals surface area contributed by atoms with E-state index in [1.54, 1.807) is 0 Å². The monoisotopic (exact) mass is 338 g/mol. The van der Waals surface area contributed by atoms with Crippen LogP contribution in [0.25, 0.3) is 0 Å². The Hall–Kier alpha value is -2.13. The Balaban J connectivity index is 1.52. The van der Waals surface area contributed by atoms with Gasteiger partial charge in [0.25, 0.3) is 0 Å². The van der Waals surface area contributed by atoms with Crippen molar-refractivity contribution in [2.45, 2.75) is 45.1 Å². The number of hydrogen-bond acceptors (Lipinski definition) is 3. The second-order valence-corrected chi connectivity index (χ2v) is 6.95. The van der Waals surface area contributed by atoms with Gasteiger partial charge in [0.15, 0.2) is 0 Å². The van der Waals surface area contributed by atoms with Gasteiger partial charge in [0, 0.05) is 0 Å². The molecule has 0 aromatic heterocycles. The van der Waals surface area contributed by atoms with Gasteiger partial charge in [0.1, 0.15) is 0 Å². The number of ether oxygens (including phenoxy) is 1. The van der Waals surface area contributed by atoms with Gasteiger partial charge in [-0.05, 0) is 54.0 Å². The lowest BCUT2D eigenvalue weighted by Gasteiger charge is -2.21. The summed E-state index contributed by atoms with van der Waals surface area (Å²) in [5.41, 5.74) is 3.88. The molecule has 2 aromatic rings. The number of esters is 1. The Labute approximate surface area is 149 Å². The minimum atomic E-state index is -0.218. The molecule has 0 bridgehead atoms. The summed E-state index contributed by atoms with van der Waals surface area (Å²) in [7, 11) is 0. The second kappa shape index (κ2) is 8.82. The first-order chi connectivity index (χ1) is 12.2. The van der Waals surface area contributed by atoms with E-state index in [1.807, 2.05) is 48.5 Å². The average Bonchev–Trinajstić information content (AvgIpc) is 2.68. The normalized spacial score (nSPS) is 15.1. The number of aliphatic hydroxyl groups excluding tert-OH is 1. The molecule has 2 aromatic carbocycles. The van der Waals surface area contributed by atoms with E-state index >= 15 is 0 Å². The van der Waals surface area contributed by atoms with Crippen LogP contribution in [0.5, 0.6) is 0 Å². The van der Waals surface area contributed by atoms with Crippen molar-refractivity contribution in [3.8, 4) is 0 Å². The van der Waals surface area contributed by atoms with Crippen LogP contribution >= 0.6 is 0 Å². The summed E-state index contributed by atoms with van der Waals surface area (Å²) in [5, 5.41) is 9.08. The molecule has 0 atom stereocenters. The van der Waals surface area contributed by atoms with Gasteiger partial charge in [-0.25, -0.2) is 4.79 Å². The fraction of sp³-hybridized carbons (Fsp3) is 0.409. The topological polar surface area (TPSA) is 46.5 Å². The maximum Gasteiger partial charge on any atom is 0.338 e. The minimum absolute atomic E-state index is 0.0674. The van der Waals surface area contributed by atoms with Crippen molar-refractivity contribution in [2.75, 3.05) is 6.61 Å². The van der Waals surface area contributed by atoms with Gasteiger partial charge in [-0.3, -0.25) is 0 Å². The Morgan fingerprint density at radius 1 is 0.880 bits per heavy atom. The van der Waals surface area contributed by atoms with Crippen LogP contribution in [0, 0.1) is 5.92 Å².